The van der Waals surface area contributed by atoms with Crippen molar-refractivity contribution in [2.24, 2.45) is 5.41 Å². The van der Waals surface area contributed by atoms with Crippen LogP contribution in [-0.4, -0.2) is 51.7 Å². The standard InChI is InChI=1S/C23H27F2N3O4/c1-22(2)8-4-3-5-19(22)28-12-23(13-28,11-20(29)30)26-21(31)17-10-18(32-27-17)15-7-6-14(24)9-16(15)25/h6-7,9-10,19H,3-5,8,11-13H2,1-2H3,(H,26,31)(H,29,30). The fraction of sp³-hybridized carbons (Fsp3) is 0.522. The number of carbonyl (C=O) groups is 2. The van der Waals surface area contributed by atoms with Gasteiger partial charge in [0.15, 0.2) is 11.5 Å². The average Bonchev–Trinajstić information content (AvgIpc) is 3.15. The van der Waals surface area contributed by atoms with Gasteiger partial charge in [-0.05, 0) is 30.4 Å². The molecule has 2 aliphatic rings. The minimum Gasteiger partial charge on any atom is -0.481 e. The molecule has 1 atom stereocenters. The van der Waals surface area contributed by atoms with E-state index in [0.717, 1.165) is 31.4 Å². The third-order valence-electron chi connectivity index (χ3n) is 6.71. The number of rotatable bonds is 6. The second kappa shape index (κ2) is 8.27. The molecule has 1 aromatic heterocycles. The van der Waals surface area contributed by atoms with Crippen molar-refractivity contribution in [2.75, 3.05) is 13.1 Å². The summed E-state index contributed by atoms with van der Waals surface area (Å²) in [6, 6.07) is 4.61. The highest BCUT2D eigenvalue weighted by atomic mass is 19.1. The molecular weight excluding hydrogens is 420 g/mol. The van der Waals surface area contributed by atoms with Crippen molar-refractivity contribution in [3.8, 4) is 11.3 Å². The van der Waals surface area contributed by atoms with Crippen LogP contribution in [0.3, 0.4) is 0 Å². The van der Waals surface area contributed by atoms with Gasteiger partial charge in [-0.3, -0.25) is 14.5 Å². The van der Waals surface area contributed by atoms with E-state index >= 15 is 0 Å². The molecule has 9 heteroatoms. The SMILES string of the molecule is CC1(C)CCCCC1N1CC(CC(=O)O)(NC(=O)c2cc(-c3ccc(F)cc3F)on2)C1. The van der Waals surface area contributed by atoms with Crippen LogP contribution in [0.5, 0.6) is 0 Å². The zero-order valence-corrected chi connectivity index (χ0v) is 18.2. The fourth-order valence-corrected chi connectivity index (χ4v) is 5.13. The molecule has 1 aliphatic carbocycles. The largest absolute Gasteiger partial charge is 0.481 e. The van der Waals surface area contributed by atoms with Crippen molar-refractivity contribution in [3.05, 3.63) is 41.6 Å². The number of aliphatic carboxylic acids is 1. The number of carboxylic acid groups (broad SMARTS) is 1. The number of carbonyl (C=O) groups excluding carboxylic acids is 1. The number of carboxylic acids is 1. The number of benzene rings is 1. The fourth-order valence-electron chi connectivity index (χ4n) is 5.13. The van der Waals surface area contributed by atoms with Crippen LogP contribution in [0.2, 0.25) is 0 Å². The number of halogens is 2. The lowest BCUT2D eigenvalue weighted by atomic mass is 9.70. The van der Waals surface area contributed by atoms with Crippen molar-refractivity contribution in [2.45, 2.75) is 57.5 Å². The summed E-state index contributed by atoms with van der Waals surface area (Å²) in [6.07, 6.45) is 4.30. The second-order valence-corrected chi connectivity index (χ2v) is 9.66. The molecule has 1 saturated heterocycles. The Balaban J connectivity index is 1.48. The molecule has 2 aromatic rings. The van der Waals surface area contributed by atoms with Gasteiger partial charge in [-0.15, -0.1) is 0 Å². The molecule has 0 bridgehead atoms. The van der Waals surface area contributed by atoms with Gasteiger partial charge in [0.2, 0.25) is 0 Å². The first-order valence-corrected chi connectivity index (χ1v) is 10.8. The summed E-state index contributed by atoms with van der Waals surface area (Å²) in [5.41, 5.74) is -0.883. The number of nitrogens with zero attached hydrogens (tertiary/aromatic N) is 2. The Morgan fingerprint density at radius 2 is 2.00 bits per heavy atom. The molecule has 2 fully saturated rings. The van der Waals surface area contributed by atoms with Gasteiger partial charge in [0.1, 0.15) is 11.6 Å². The highest BCUT2D eigenvalue weighted by molar-refractivity contribution is 5.94. The van der Waals surface area contributed by atoms with Gasteiger partial charge in [-0.1, -0.05) is 31.8 Å². The van der Waals surface area contributed by atoms with Crippen molar-refractivity contribution in [1.29, 1.82) is 0 Å². The summed E-state index contributed by atoms with van der Waals surface area (Å²) in [5.74, 6) is -3.16. The zero-order valence-electron chi connectivity index (χ0n) is 18.2. The first-order chi connectivity index (χ1) is 15.1. The topological polar surface area (TPSA) is 95.7 Å². The molecule has 2 heterocycles. The second-order valence-electron chi connectivity index (χ2n) is 9.66. The monoisotopic (exact) mass is 447 g/mol. The normalized spacial score (nSPS) is 22.2. The predicted molar refractivity (Wildman–Crippen MR) is 112 cm³/mol. The van der Waals surface area contributed by atoms with Crippen LogP contribution >= 0.6 is 0 Å². The number of nitrogens with one attached hydrogen (secondary N) is 1. The Labute approximate surface area is 184 Å². The van der Waals surface area contributed by atoms with Crippen molar-refractivity contribution in [3.63, 3.8) is 0 Å². The Morgan fingerprint density at radius 3 is 2.66 bits per heavy atom. The van der Waals surface area contributed by atoms with Crippen molar-refractivity contribution >= 4 is 11.9 Å². The third-order valence-corrected chi connectivity index (χ3v) is 6.71. The molecule has 172 valence electrons. The quantitative estimate of drug-likeness (QED) is 0.699. The number of amides is 1. The van der Waals surface area contributed by atoms with E-state index in [9.17, 15) is 23.5 Å². The lowest BCUT2D eigenvalue weighted by Gasteiger charge is -2.57. The lowest BCUT2D eigenvalue weighted by Crippen LogP contribution is -2.74. The van der Waals surface area contributed by atoms with E-state index in [1.54, 1.807) is 0 Å². The minimum absolute atomic E-state index is 0.0147. The highest BCUT2D eigenvalue weighted by Gasteiger charge is 2.51. The molecule has 1 amide bonds. The summed E-state index contributed by atoms with van der Waals surface area (Å²) >= 11 is 0. The number of hydrogen-bond acceptors (Lipinski definition) is 5. The highest BCUT2D eigenvalue weighted by Crippen LogP contribution is 2.42. The molecule has 4 rings (SSSR count). The first kappa shape index (κ1) is 22.4. The maximum absolute atomic E-state index is 14.0. The molecule has 1 aromatic carbocycles. The molecule has 1 saturated carbocycles. The van der Waals surface area contributed by atoms with Gasteiger partial charge < -0.3 is 14.9 Å². The molecule has 32 heavy (non-hydrogen) atoms. The van der Waals surface area contributed by atoms with E-state index in [0.29, 0.717) is 19.1 Å². The van der Waals surface area contributed by atoms with Crippen LogP contribution in [0.15, 0.2) is 28.8 Å². The Morgan fingerprint density at radius 1 is 1.25 bits per heavy atom. The Kier molecular flexibility index (Phi) is 5.79. The summed E-state index contributed by atoms with van der Waals surface area (Å²) in [5, 5.41) is 16.0. The van der Waals surface area contributed by atoms with Crippen molar-refractivity contribution < 1.29 is 28.0 Å². The van der Waals surface area contributed by atoms with E-state index in [2.05, 4.69) is 29.2 Å². The summed E-state index contributed by atoms with van der Waals surface area (Å²) in [4.78, 5) is 26.6. The van der Waals surface area contributed by atoms with E-state index in [1.807, 2.05) is 0 Å². The maximum atomic E-state index is 14.0. The van der Waals surface area contributed by atoms with Crippen LogP contribution in [0, 0.1) is 17.0 Å². The number of aromatic nitrogens is 1. The number of likely N-dealkylation sites (tertiary alicyclic amines) is 1. The molecule has 0 spiro atoms. The predicted octanol–water partition coefficient (Wildman–Crippen LogP) is 3.85. The van der Waals surface area contributed by atoms with Gasteiger partial charge in [0, 0.05) is 31.3 Å². The maximum Gasteiger partial charge on any atom is 0.305 e. The average molecular weight is 447 g/mol. The van der Waals surface area contributed by atoms with Crippen LogP contribution in [0.25, 0.3) is 11.3 Å². The molecule has 0 radical (unpaired) electrons. The first-order valence-electron chi connectivity index (χ1n) is 10.8. The molecule has 2 N–H and O–H groups in total. The molecular formula is C23H27F2N3O4. The zero-order chi connectivity index (χ0) is 23.1. The third kappa shape index (κ3) is 4.39. The Bertz CT molecular complexity index is 1030. The van der Waals surface area contributed by atoms with Gasteiger partial charge in [0.25, 0.3) is 5.91 Å². The van der Waals surface area contributed by atoms with Crippen LogP contribution in [-0.2, 0) is 4.79 Å². The Hall–Kier alpha value is -2.81. The van der Waals surface area contributed by atoms with Gasteiger partial charge in [-0.25, -0.2) is 8.78 Å². The van der Waals surface area contributed by atoms with Crippen LogP contribution in [0.4, 0.5) is 8.78 Å². The summed E-state index contributed by atoms with van der Waals surface area (Å²) in [7, 11) is 0. The summed E-state index contributed by atoms with van der Waals surface area (Å²) in [6.45, 7) is 5.35. The van der Waals surface area contributed by atoms with Gasteiger partial charge in [0.05, 0.1) is 17.5 Å². The van der Waals surface area contributed by atoms with Crippen LogP contribution in [0.1, 0.15) is 56.4 Å². The number of hydrogen-bond donors (Lipinski definition) is 2. The smallest absolute Gasteiger partial charge is 0.305 e. The summed E-state index contributed by atoms with van der Waals surface area (Å²) < 4.78 is 32.2. The van der Waals surface area contributed by atoms with E-state index < -0.39 is 29.0 Å². The van der Waals surface area contributed by atoms with E-state index in [1.165, 1.54) is 18.6 Å². The van der Waals surface area contributed by atoms with Crippen molar-refractivity contribution in [1.82, 2.24) is 15.4 Å². The van der Waals surface area contributed by atoms with E-state index in [4.69, 9.17) is 4.52 Å². The molecule has 1 unspecified atom stereocenters. The van der Waals surface area contributed by atoms with Gasteiger partial charge >= 0.3 is 5.97 Å². The van der Waals surface area contributed by atoms with E-state index in [-0.39, 0.29) is 28.9 Å². The molecule has 7 nitrogen and oxygen atoms in total. The molecule has 1 aliphatic heterocycles. The minimum atomic E-state index is -0.998. The lowest BCUT2D eigenvalue weighted by molar-refractivity contribution is -0.142. The van der Waals surface area contributed by atoms with Crippen LogP contribution < -0.4 is 5.32 Å². The van der Waals surface area contributed by atoms with Gasteiger partial charge in [-0.2, -0.15) is 0 Å².